The average molecular weight is 313 g/mol. The molecule has 3 heteroatoms. The van der Waals surface area contributed by atoms with Crippen LogP contribution < -0.4 is 11.1 Å². The van der Waals surface area contributed by atoms with Crippen LogP contribution in [0.2, 0.25) is 0 Å². The summed E-state index contributed by atoms with van der Waals surface area (Å²) >= 11 is 0. The number of hydrogen-bond donors (Lipinski definition) is 2. The zero-order valence-corrected chi connectivity index (χ0v) is 13.6. The summed E-state index contributed by atoms with van der Waals surface area (Å²) < 4.78 is 0. The minimum atomic E-state index is 0.447. The quantitative estimate of drug-likeness (QED) is 0.239. The molecule has 4 aromatic carbocycles. The van der Waals surface area contributed by atoms with Gasteiger partial charge in [-0.2, -0.15) is 0 Å². The summed E-state index contributed by atoms with van der Waals surface area (Å²) in [5.41, 5.74) is 6.97. The third kappa shape index (κ3) is 2.44. The molecule has 3 N–H and O–H groups in total. The van der Waals surface area contributed by atoms with Gasteiger partial charge in [0.1, 0.15) is 0 Å². The molecule has 0 bridgehead atoms. The molecule has 0 aliphatic rings. The van der Waals surface area contributed by atoms with Gasteiger partial charge in [0.05, 0.1) is 0 Å². The predicted octanol–water partition coefficient (Wildman–Crippen LogP) is 4.89. The highest BCUT2D eigenvalue weighted by Gasteiger charge is 2.08. The molecule has 0 saturated carbocycles. The van der Waals surface area contributed by atoms with E-state index < -0.39 is 0 Å². The maximum atomic E-state index is 5.98. The van der Waals surface area contributed by atoms with Gasteiger partial charge in [0, 0.05) is 17.6 Å². The molecule has 0 atom stereocenters. The molecule has 0 aliphatic heterocycles. The zero-order chi connectivity index (χ0) is 16.5. The van der Waals surface area contributed by atoms with E-state index in [1.807, 2.05) is 13.0 Å². The lowest BCUT2D eigenvalue weighted by molar-refractivity contribution is 1.12. The summed E-state index contributed by atoms with van der Waals surface area (Å²) in [4.78, 5) is 4.24. The Labute approximate surface area is 140 Å². The fourth-order valence-electron chi connectivity index (χ4n) is 3.25. The van der Waals surface area contributed by atoms with Gasteiger partial charge in [-0.05, 0) is 52.1 Å². The molecule has 4 rings (SSSR count). The van der Waals surface area contributed by atoms with E-state index in [0.717, 1.165) is 5.69 Å². The van der Waals surface area contributed by atoms with Crippen LogP contribution in [-0.4, -0.2) is 12.5 Å². The van der Waals surface area contributed by atoms with E-state index in [2.05, 4.69) is 71.0 Å². The lowest BCUT2D eigenvalue weighted by Gasteiger charge is -2.12. The average Bonchev–Trinajstić information content (AvgIpc) is 2.60. The minimum Gasteiger partial charge on any atom is -0.370 e. The van der Waals surface area contributed by atoms with Crippen molar-refractivity contribution in [1.82, 2.24) is 0 Å². The summed E-state index contributed by atoms with van der Waals surface area (Å²) in [5.74, 6) is 0.447. The SMILES string of the molecule is CCN=C(N)Nc1cccc2ccc3cc4ccccc4cc3c12. The summed E-state index contributed by atoms with van der Waals surface area (Å²) in [6.07, 6.45) is 0. The Morgan fingerprint density at radius 1 is 0.875 bits per heavy atom. The largest absolute Gasteiger partial charge is 0.370 e. The Hall–Kier alpha value is -3.07. The van der Waals surface area contributed by atoms with Gasteiger partial charge in [0.25, 0.3) is 0 Å². The Kier molecular flexibility index (Phi) is 3.54. The molecule has 118 valence electrons. The maximum Gasteiger partial charge on any atom is 0.193 e. The van der Waals surface area contributed by atoms with Gasteiger partial charge in [0.2, 0.25) is 0 Å². The van der Waals surface area contributed by atoms with Gasteiger partial charge < -0.3 is 11.1 Å². The van der Waals surface area contributed by atoms with Crippen LogP contribution in [0.1, 0.15) is 6.92 Å². The first-order valence-corrected chi connectivity index (χ1v) is 8.17. The number of nitrogens with one attached hydrogen (secondary N) is 1. The summed E-state index contributed by atoms with van der Waals surface area (Å²) in [7, 11) is 0. The number of anilines is 1. The highest BCUT2D eigenvalue weighted by molar-refractivity contribution is 6.18. The van der Waals surface area contributed by atoms with Crippen LogP contribution in [0.15, 0.2) is 71.7 Å². The van der Waals surface area contributed by atoms with E-state index in [0.29, 0.717) is 12.5 Å². The topological polar surface area (TPSA) is 50.4 Å². The third-order valence-corrected chi connectivity index (χ3v) is 4.32. The molecule has 0 amide bonds. The van der Waals surface area contributed by atoms with Crippen molar-refractivity contribution in [3.63, 3.8) is 0 Å². The number of aliphatic imine (C=N–C) groups is 1. The standard InChI is InChI=1S/C21H19N3/c1-2-23-21(22)24-19-9-5-8-14-10-11-17-12-15-6-3-4-7-16(15)13-18(17)20(14)19/h3-13H,2H2,1H3,(H3,22,23,24). The molecule has 0 aliphatic carbocycles. The molecule has 0 fully saturated rings. The molecule has 4 aromatic rings. The number of rotatable bonds is 2. The number of nitrogens with two attached hydrogens (primary N) is 1. The molecule has 0 aromatic heterocycles. The van der Waals surface area contributed by atoms with E-state index in [1.165, 1.54) is 32.3 Å². The number of benzene rings is 4. The van der Waals surface area contributed by atoms with Crippen molar-refractivity contribution in [2.75, 3.05) is 11.9 Å². The Morgan fingerprint density at radius 3 is 2.38 bits per heavy atom. The zero-order valence-electron chi connectivity index (χ0n) is 13.6. The monoisotopic (exact) mass is 313 g/mol. The van der Waals surface area contributed by atoms with Gasteiger partial charge in [-0.3, -0.25) is 4.99 Å². The van der Waals surface area contributed by atoms with Crippen molar-refractivity contribution in [3.05, 3.63) is 66.7 Å². The van der Waals surface area contributed by atoms with Crippen molar-refractivity contribution >= 4 is 44.0 Å². The second-order valence-corrected chi connectivity index (χ2v) is 5.87. The third-order valence-electron chi connectivity index (χ3n) is 4.32. The molecule has 24 heavy (non-hydrogen) atoms. The first kappa shape index (κ1) is 14.5. The minimum absolute atomic E-state index is 0.447. The molecule has 0 radical (unpaired) electrons. The van der Waals surface area contributed by atoms with Crippen LogP contribution in [-0.2, 0) is 0 Å². The van der Waals surface area contributed by atoms with Crippen LogP contribution in [0.3, 0.4) is 0 Å². The number of guanidine groups is 1. The van der Waals surface area contributed by atoms with Crippen LogP contribution >= 0.6 is 0 Å². The van der Waals surface area contributed by atoms with Gasteiger partial charge in [-0.25, -0.2) is 0 Å². The summed E-state index contributed by atoms with van der Waals surface area (Å²) in [6, 6.07) is 23.5. The fraction of sp³-hybridized carbons (Fsp3) is 0.0952. The lowest BCUT2D eigenvalue weighted by atomic mass is 9.97. The van der Waals surface area contributed by atoms with E-state index in [4.69, 9.17) is 5.73 Å². The van der Waals surface area contributed by atoms with Gasteiger partial charge >= 0.3 is 0 Å². The summed E-state index contributed by atoms with van der Waals surface area (Å²) in [6.45, 7) is 2.63. The van der Waals surface area contributed by atoms with Crippen molar-refractivity contribution < 1.29 is 0 Å². The van der Waals surface area contributed by atoms with Crippen LogP contribution in [0, 0.1) is 0 Å². The number of fused-ring (bicyclic) bond motifs is 4. The lowest BCUT2D eigenvalue weighted by Crippen LogP contribution is -2.22. The Morgan fingerprint density at radius 2 is 1.58 bits per heavy atom. The van der Waals surface area contributed by atoms with E-state index in [1.54, 1.807) is 0 Å². The van der Waals surface area contributed by atoms with Gasteiger partial charge in [0.15, 0.2) is 5.96 Å². The molecule has 0 saturated heterocycles. The van der Waals surface area contributed by atoms with Crippen molar-refractivity contribution in [1.29, 1.82) is 0 Å². The first-order valence-electron chi connectivity index (χ1n) is 8.17. The Bertz CT molecular complexity index is 1080. The van der Waals surface area contributed by atoms with Crippen molar-refractivity contribution in [2.45, 2.75) is 6.92 Å². The predicted molar refractivity (Wildman–Crippen MR) is 105 cm³/mol. The smallest absolute Gasteiger partial charge is 0.193 e. The summed E-state index contributed by atoms with van der Waals surface area (Å²) in [5, 5.41) is 10.6. The first-order chi connectivity index (χ1) is 11.8. The fourth-order valence-corrected chi connectivity index (χ4v) is 3.25. The normalized spacial score (nSPS) is 12.1. The highest BCUT2D eigenvalue weighted by atomic mass is 15.1. The molecular weight excluding hydrogens is 294 g/mol. The van der Waals surface area contributed by atoms with E-state index >= 15 is 0 Å². The van der Waals surface area contributed by atoms with Crippen LogP contribution in [0.5, 0.6) is 0 Å². The van der Waals surface area contributed by atoms with Crippen molar-refractivity contribution in [3.8, 4) is 0 Å². The maximum absolute atomic E-state index is 5.98. The second-order valence-electron chi connectivity index (χ2n) is 5.87. The Balaban J connectivity index is 2.04. The number of nitrogens with zero attached hydrogens (tertiary/aromatic N) is 1. The number of hydrogen-bond acceptors (Lipinski definition) is 1. The highest BCUT2D eigenvalue weighted by Crippen LogP contribution is 2.33. The molecule has 0 heterocycles. The van der Waals surface area contributed by atoms with Crippen LogP contribution in [0.4, 0.5) is 5.69 Å². The van der Waals surface area contributed by atoms with Gasteiger partial charge in [-0.15, -0.1) is 0 Å². The van der Waals surface area contributed by atoms with Crippen LogP contribution in [0.25, 0.3) is 32.3 Å². The molecule has 3 nitrogen and oxygen atoms in total. The molecular formula is C21H19N3. The van der Waals surface area contributed by atoms with Gasteiger partial charge in [-0.1, -0.05) is 48.5 Å². The molecule has 0 unspecified atom stereocenters. The molecule has 0 spiro atoms. The van der Waals surface area contributed by atoms with E-state index in [-0.39, 0.29) is 0 Å². The van der Waals surface area contributed by atoms with Crippen molar-refractivity contribution in [2.24, 2.45) is 10.7 Å². The second kappa shape index (κ2) is 5.85. The van der Waals surface area contributed by atoms with E-state index in [9.17, 15) is 0 Å².